The smallest absolute Gasteiger partial charge is 0.228 e. The van der Waals surface area contributed by atoms with Crippen LogP contribution in [-0.2, 0) is 11.3 Å². The molecule has 5 nitrogen and oxygen atoms in total. The van der Waals surface area contributed by atoms with Crippen LogP contribution in [0.15, 0.2) is 35.7 Å². The predicted octanol–water partition coefficient (Wildman–Crippen LogP) is 2.40. The van der Waals surface area contributed by atoms with Crippen LogP contribution >= 0.6 is 11.3 Å². The third-order valence-corrected chi connectivity index (χ3v) is 4.25. The van der Waals surface area contributed by atoms with Gasteiger partial charge in [0.15, 0.2) is 11.5 Å². The average Bonchev–Trinajstić information content (AvgIpc) is 3.05. The molecule has 0 saturated carbocycles. The van der Waals surface area contributed by atoms with Crippen molar-refractivity contribution in [3.05, 3.63) is 40.6 Å². The van der Waals surface area contributed by atoms with E-state index in [2.05, 4.69) is 0 Å². The lowest BCUT2D eigenvalue weighted by molar-refractivity contribution is -0.118. The highest BCUT2D eigenvalue weighted by Crippen LogP contribution is 2.34. The summed E-state index contributed by atoms with van der Waals surface area (Å²) >= 11 is 1.63. The van der Waals surface area contributed by atoms with Crippen LogP contribution in [0.2, 0.25) is 0 Å². The fraction of sp³-hybridized carbons (Fsp3) is 0.312. The first-order valence-corrected chi connectivity index (χ1v) is 8.08. The Morgan fingerprint density at radius 3 is 2.77 bits per heavy atom. The van der Waals surface area contributed by atoms with Gasteiger partial charge in [0.1, 0.15) is 13.2 Å². The van der Waals surface area contributed by atoms with E-state index >= 15 is 0 Å². The Balaban J connectivity index is 1.89. The fourth-order valence-corrected chi connectivity index (χ4v) is 3.03. The van der Waals surface area contributed by atoms with Gasteiger partial charge in [-0.3, -0.25) is 4.79 Å². The molecule has 1 aliphatic rings. The van der Waals surface area contributed by atoms with Gasteiger partial charge >= 0.3 is 0 Å². The van der Waals surface area contributed by atoms with Gasteiger partial charge in [-0.15, -0.1) is 11.3 Å². The zero-order valence-corrected chi connectivity index (χ0v) is 13.0. The van der Waals surface area contributed by atoms with Gasteiger partial charge in [-0.2, -0.15) is 0 Å². The molecule has 0 radical (unpaired) electrons. The summed E-state index contributed by atoms with van der Waals surface area (Å²) in [6.45, 7) is 1.95. The Labute approximate surface area is 133 Å². The lowest BCUT2D eigenvalue weighted by Gasteiger charge is -2.25. The van der Waals surface area contributed by atoms with E-state index in [4.69, 9.17) is 15.2 Å². The number of hydrogen-bond donors (Lipinski definition) is 1. The van der Waals surface area contributed by atoms with Crippen molar-refractivity contribution >= 4 is 22.9 Å². The van der Waals surface area contributed by atoms with E-state index in [0.717, 1.165) is 16.3 Å². The number of carbonyl (C=O) groups excluding carboxylic acids is 1. The molecule has 1 aliphatic heterocycles. The summed E-state index contributed by atoms with van der Waals surface area (Å²) < 4.78 is 11.1. The predicted molar refractivity (Wildman–Crippen MR) is 86.6 cm³/mol. The number of fused-ring (bicyclic) bond motifs is 1. The molecule has 2 N–H and O–H groups in total. The van der Waals surface area contributed by atoms with Gasteiger partial charge in [-0.05, 0) is 23.6 Å². The number of amides is 1. The van der Waals surface area contributed by atoms with Crippen LogP contribution in [0, 0.1) is 0 Å². The second-order valence-corrected chi connectivity index (χ2v) is 5.96. The second kappa shape index (κ2) is 6.81. The topological polar surface area (TPSA) is 64.8 Å². The fourth-order valence-electron chi connectivity index (χ4n) is 2.34. The molecule has 1 aromatic heterocycles. The van der Waals surface area contributed by atoms with Crippen LogP contribution in [0.3, 0.4) is 0 Å². The van der Waals surface area contributed by atoms with Crippen molar-refractivity contribution in [2.75, 3.05) is 24.7 Å². The lowest BCUT2D eigenvalue weighted by atomic mass is 10.2. The minimum absolute atomic E-state index is 0.00702. The maximum atomic E-state index is 12.4. The van der Waals surface area contributed by atoms with Crippen LogP contribution in [0.1, 0.15) is 11.3 Å². The Bertz CT molecular complexity index is 643. The molecular formula is C16H18N2O3S. The molecule has 116 valence electrons. The van der Waals surface area contributed by atoms with Crippen molar-refractivity contribution in [1.82, 2.24) is 0 Å². The molecule has 2 heterocycles. The zero-order chi connectivity index (χ0) is 15.4. The molecule has 1 aromatic carbocycles. The molecule has 6 heteroatoms. The van der Waals surface area contributed by atoms with Crippen molar-refractivity contribution in [2.24, 2.45) is 5.73 Å². The largest absolute Gasteiger partial charge is 0.486 e. The van der Waals surface area contributed by atoms with Crippen LogP contribution in [0.5, 0.6) is 11.5 Å². The number of ether oxygens (including phenoxy) is 2. The molecule has 0 fully saturated rings. The quantitative estimate of drug-likeness (QED) is 0.919. The van der Waals surface area contributed by atoms with Crippen molar-refractivity contribution in [3.8, 4) is 11.5 Å². The standard InChI is InChI=1S/C16H18N2O3S/c17-6-5-16(19)18(11-13-2-1-9-22-13)12-3-4-14-15(10-12)21-8-7-20-14/h1-4,9-10H,5-8,11,17H2. The summed E-state index contributed by atoms with van der Waals surface area (Å²) in [4.78, 5) is 15.3. The van der Waals surface area contributed by atoms with E-state index in [0.29, 0.717) is 38.5 Å². The molecular weight excluding hydrogens is 300 g/mol. The van der Waals surface area contributed by atoms with E-state index in [-0.39, 0.29) is 5.91 Å². The molecule has 2 aromatic rings. The van der Waals surface area contributed by atoms with Gasteiger partial charge in [-0.1, -0.05) is 6.07 Å². The monoisotopic (exact) mass is 318 g/mol. The number of rotatable bonds is 5. The van der Waals surface area contributed by atoms with Gasteiger partial charge in [0.05, 0.1) is 6.54 Å². The summed E-state index contributed by atoms with van der Waals surface area (Å²) in [6.07, 6.45) is 0.319. The molecule has 0 bridgehead atoms. The maximum Gasteiger partial charge on any atom is 0.228 e. The summed E-state index contributed by atoms with van der Waals surface area (Å²) in [5, 5.41) is 2.00. The Hall–Kier alpha value is -2.05. The van der Waals surface area contributed by atoms with Crippen LogP contribution in [0.4, 0.5) is 5.69 Å². The Kier molecular flexibility index (Phi) is 4.60. The summed E-state index contributed by atoms with van der Waals surface area (Å²) in [6, 6.07) is 9.59. The van der Waals surface area contributed by atoms with E-state index in [1.807, 2.05) is 35.7 Å². The Morgan fingerprint density at radius 1 is 1.23 bits per heavy atom. The van der Waals surface area contributed by atoms with Gasteiger partial charge in [0.2, 0.25) is 5.91 Å². The summed E-state index contributed by atoms with van der Waals surface area (Å²) in [5.41, 5.74) is 6.34. The van der Waals surface area contributed by atoms with Crippen molar-refractivity contribution in [2.45, 2.75) is 13.0 Å². The van der Waals surface area contributed by atoms with E-state index < -0.39 is 0 Å². The molecule has 0 atom stereocenters. The summed E-state index contributed by atoms with van der Waals surface area (Å²) in [7, 11) is 0. The van der Waals surface area contributed by atoms with Gasteiger partial charge in [-0.25, -0.2) is 0 Å². The third-order valence-electron chi connectivity index (χ3n) is 3.39. The first kappa shape index (κ1) is 14.9. The number of nitrogens with zero attached hydrogens (tertiary/aromatic N) is 1. The van der Waals surface area contributed by atoms with Gasteiger partial charge in [0.25, 0.3) is 0 Å². The first-order chi connectivity index (χ1) is 10.8. The number of thiophene rings is 1. The van der Waals surface area contributed by atoms with Crippen molar-refractivity contribution in [3.63, 3.8) is 0 Å². The SMILES string of the molecule is NCCC(=O)N(Cc1cccs1)c1ccc2c(c1)OCCO2. The average molecular weight is 318 g/mol. The minimum Gasteiger partial charge on any atom is -0.486 e. The Morgan fingerprint density at radius 2 is 2.05 bits per heavy atom. The van der Waals surface area contributed by atoms with E-state index in [9.17, 15) is 4.79 Å². The van der Waals surface area contributed by atoms with Crippen molar-refractivity contribution in [1.29, 1.82) is 0 Å². The molecule has 0 unspecified atom stereocenters. The highest BCUT2D eigenvalue weighted by atomic mass is 32.1. The van der Waals surface area contributed by atoms with Crippen LogP contribution < -0.4 is 20.1 Å². The number of benzene rings is 1. The van der Waals surface area contributed by atoms with E-state index in [1.54, 1.807) is 16.2 Å². The normalized spacial score (nSPS) is 13.0. The molecule has 1 amide bonds. The molecule has 0 aliphatic carbocycles. The third kappa shape index (κ3) is 3.23. The molecule has 0 saturated heterocycles. The number of anilines is 1. The zero-order valence-electron chi connectivity index (χ0n) is 12.2. The maximum absolute atomic E-state index is 12.4. The van der Waals surface area contributed by atoms with Gasteiger partial charge in [0, 0.05) is 29.6 Å². The number of carbonyl (C=O) groups is 1. The van der Waals surface area contributed by atoms with Crippen LogP contribution in [-0.4, -0.2) is 25.7 Å². The van der Waals surface area contributed by atoms with Crippen LogP contribution in [0.25, 0.3) is 0 Å². The second-order valence-electron chi connectivity index (χ2n) is 4.93. The molecule has 0 spiro atoms. The highest BCUT2D eigenvalue weighted by molar-refractivity contribution is 7.09. The minimum atomic E-state index is 0.00702. The van der Waals surface area contributed by atoms with E-state index in [1.165, 1.54) is 0 Å². The van der Waals surface area contributed by atoms with Crippen molar-refractivity contribution < 1.29 is 14.3 Å². The highest BCUT2D eigenvalue weighted by Gasteiger charge is 2.19. The lowest BCUT2D eigenvalue weighted by Crippen LogP contribution is -2.31. The number of hydrogen-bond acceptors (Lipinski definition) is 5. The van der Waals surface area contributed by atoms with Gasteiger partial charge < -0.3 is 20.1 Å². The molecule has 22 heavy (non-hydrogen) atoms. The molecule has 3 rings (SSSR count). The number of nitrogens with two attached hydrogens (primary N) is 1. The first-order valence-electron chi connectivity index (χ1n) is 7.20. The summed E-state index contributed by atoms with van der Waals surface area (Å²) in [5.74, 6) is 1.41.